The highest BCUT2D eigenvalue weighted by Gasteiger charge is 2.29. The van der Waals surface area contributed by atoms with Crippen LogP contribution in [0, 0.1) is 5.92 Å². The topological polar surface area (TPSA) is 87.7 Å². The van der Waals surface area contributed by atoms with Crippen LogP contribution in [0.5, 0.6) is 0 Å². The van der Waals surface area contributed by atoms with Crippen LogP contribution in [0.25, 0.3) is 0 Å². The molecule has 6 nitrogen and oxygen atoms in total. The zero-order chi connectivity index (χ0) is 13.7. The Balaban J connectivity index is 2.48. The summed E-state index contributed by atoms with van der Waals surface area (Å²) in [6.07, 6.45) is 1.43. The van der Waals surface area contributed by atoms with Crippen LogP contribution in [0.3, 0.4) is 0 Å². The van der Waals surface area contributed by atoms with E-state index in [0.29, 0.717) is 13.0 Å². The number of carbonyl (C=O) groups is 2. The Labute approximate surface area is 107 Å². The van der Waals surface area contributed by atoms with Gasteiger partial charge in [0, 0.05) is 6.61 Å². The van der Waals surface area contributed by atoms with E-state index in [1.165, 1.54) is 0 Å². The van der Waals surface area contributed by atoms with E-state index in [0.717, 1.165) is 6.42 Å². The molecule has 4 atom stereocenters. The number of carboxylic acid groups (broad SMARTS) is 1. The first-order chi connectivity index (χ1) is 8.45. The summed E-state index contributed by atoms with van der Waals surface area (Å²) in [5.41, 5.74) is 0. The number of hydrogen-bond acceptors (Lipinski definition) is 3. The van der Waals surface area contributed by atoms with Gasteiger partial charge in [0.1, 0.15) is 6.04 Å². The van der Waals surface area contributed by atoms with Gasteiger partial charge in [-0.25, -0.2) is 9.59 Å². The molecule has 2 unspecified atom stereocenters. The van der Waals surface area contributed by atoms with E-state index in [2.05, 4.69) is 10.6 Å². The normalized spacial score (nSPS) is 26.4. The Morgan fingerprint density at radius 3 is 2.61 bits per heavy atom. The average molecular weight is 258 g/mol. The number of nitrogens with one attached hydrogen (secondary N) is 2. The number of ether oxygens (including phenoxy) is 1. The summed E-state index contributed by atoms with van der Waals surface area (Å²) < 4.78 is 5.33. The third-order valence-electron chi connectivity index (χ3n) is 3.46. The second-order valence-corrected chi connectivity index (χ2v) is 4.79. The van der Waals surface area contributed by atoms with Crippen LogP contribution in [-0.4, -0.2) is 41.9 Å². The molecule has 0 aromatic heterocycles. The smallest absolute Gasteiger partial charge is 0.326 e. The van der Waals surface area contributed by atoms with Crippen molar-refractivity contribution in [2.45, 2.75) is 51.8 Å². The van der Waals surface area contributed by atoms with E-state index >= 15 is 0 Å². The predicted molar refractivity (Wildman–Crippen MR) is 66.4 cm³/mol. The van der Waals surface area contributed by atoms with Crippen molar-refractivity contribution >= 4 is 12.0 Å². The molecule has 0 aliphatic carbocycles. The average Bonchev–Trinajstić information content (AvgIpc) is 2.70. The van der Waals surface area contributed by atoms with Crippen molar-refractivity contribution in [1.29, 1.82) is 0 Å². The molecule has 1 fully saturated rings. The highest BCUT2D eigenvalue weighted by atomic mass is 16.5. The second kappa shape index (κ2) is 6.58. The van der Waals surface area contributed by atoms with Gasteiger partial charge >= 0.3 is 12.0 Å². The van der Waals surface area contributed by atoms with Crippen LogP contribution in [0.4, 0.5) is 4.79 Å². The summed E-state index contributed by atoms with van der Waals surface area (Å²) in [5, 5.41) is 14.3. The van der Waals surface area contributed by atoms with Crippen LogP contribution < -0.4 is 10.6 Å². The summed E-state index contributed by atoms with van der Waals surface area (Å²) in [7, 11) is 0. The van der Waals surface area contributed by atoms with E-state index in [1.54, 1.807) is 6.92 Å². The maximum Gasteiger partial charge on any atom is 0.326 e. The number of urea groups is 1. The van der Waals surface area contributed by atoms with Crippen molar-refractivity contribution in [3.8, 4) is 0 Å². The molecular formula is C12H22N2O4. The lowest BCUT2D eigenvalue weighted by molar-refractivity contribution is -0.140. The first-order valence-electron chi connectivity index (χ1n) is 6.37. The third kappa shape index (κ3) is 3.87. The van der Waals surface area contributed by atoms with Gasteiger partial charge in [-0.2, -0.15) is 0 Å². The summed E-state index contributed by atoms with van der Waals surface area (Å²) in [5.74, 6) is -1.11. The molecule has 104 valence electrons. The third-order valence-corrected chi connectivity index (χ3v) is 3.46. The van der Waals surface area contributed by atoms with Crippen LogP contribution in [0.1, 0.15) is 33.6 Å². The molecule has 3 N–H and O–H groups in total. The summed E-state index contributed by atoms with van der Waals surface area (Å²) in [6, 6.07) is -1.34. The van der Waals surface area contributed by atoms with Crippen molar-refractivity contribution in [2.75, 3.05) is 6.61 Å². The fraction of sp³-hybridized carbons (Fsp3) is 0.833. The lowest BCUT2D eigenvalue weighted by atomic mass is 9.99. The van der Waals surface area contributed by atoms with Crippen molar-refractivity contribution in [3.63, 3.8) is 0 Å². The fourth-order valence-corrected chi connectivity index (χ4v) is 1.96. The maximum atomic E-state index is 11.7. The van der Waals surface area contributed by atoms with Crippen molar-refractivity contribution in [2.24, 2.45) is 5.92 Å². The molecule has 0 aromatic rings. The van der Waals surface area contributed by atoms with Gasteiger partial charge in [-0.05, 0) is 19.3 Å². The molecular weight excluding hydrogens is 236 g/mol. The van der Waals surface area contributed by atoms with E-state index in [-0.39, 0.29) is 18.1 Å². The highest BCUT2D eigenvalue weighted by molar-refractivity contribution is 5.82. The first-order valence-corrected chi connectivity index (χ1v) is 6.37. The molecule has 1 aliphatic heterocycles. The first kappa shape index (κ1) is 14.8. The predicted octanol–water partition coefficient (Wildman–Crippen LogP) is 0.962. The number of carboxylic acids is 1. The molecule has 1 aliphatic rings. The van der Waals surface area contributed by atoms with Crippen molar-refractivity contribution in [3.05, 3.63) is 0 Å². The van der Waals surface area contributed by atoms with Crippen LogP contribution >= 0.6 is 0 Å². The number of hydrogen-bond donors (Lipinski definition) is 3. The van der Waals surface area contributed by atoms with Gasteiger partial charge in [-0.1, -0.05) is 20.3 Å². The maximum absolute atomic E-state index is 11.7. The van der Waals surface area contributed by atoms with Crippen molar-refractivity contribution in [1.82, 2.24) is 10.6 Å². The Morgan fingerprint density at radius 1 is 1.50 bits per heavy atom. The molecule has 1 rings (SSSR count). The minimum atomic E-state index is -1.00. The quantitative estimate of drug-likeness (QED) is 0.685. The minimum Gasteiger partial charge on any atom is -0.480 e. The number of rotatable bonds is 5. The molecule has 0 saturated carbocycles. The SMILES string of the molecule is CC[C@H](C)[C@H](NC(=O)NC1CCOC1C)C(=O)O. The van der Waals surface area contributed by atoms with Gasteiger partial charge in [0.05, 0.1) is 12.1 Å². The largest absolute Gasteiger partial charge is 0.480 e. The van der Waals surface area contributed by atoms with Gasteiger partial charge in [0.2, 0.25) is 0 Å². The van der Waals surface area contributed by atoms with Crippen LogP contribution in [-0.2, 0) is 9.53 Å². The Kier molecular flexibility index (Phi) is 5.40. The molecule has 0 radical (unpaired) electrons. The summed E-state index contributed by atoms with van der Waals surface area (Å²) in [6.45, 7) is 6.22. The summed E-state index contributed by atoms with van der Waals surface area (Å²) in [4.78, 5) is 22.8. The lowest BCUT2D eigenvalue weighted by Crippen LogP contribution is -2.52. The molecule has 0 aromatic carbocycles. The second-order valence-electron chi connectivity index (χ2n) is 4.79. The molecule has 2 amide bonds. The van der Waals surface area contributed by atoms with E-state index in [4.69, 9.17) is 9.84 Å². The fourth-order valence-electron chi connectivity index (χ4n) is 1.96. The number of amides is 2. The molecule has 6 heteroatoms. The van der Waals surface area contributed by atoms with Crippen LogP contribution in [0.2, 0.25) is 0 Å². The molecule has 18 heavy (non-hydrogen) atoms. The van der Waals surface area contributed by atoms with Gasteiger partial charge in [0.15, 0.2) is 0 Å². The van der Waals surface area contributed by atoms with Gasteiger partial charge < -0.3 is 20.5 Å². The highest BCUT2D eigenvalue weighted by Crippen LogP contribution is 2.13. The molecule has 0 bridgehead atoms. The Hall–Kier alpha value is -1.30. The number of carbonyl (C=O) groups excluding carboxylic acids is 1. The zero-order valence-electron chi connectivity index (χ0n) is 11.1. The summed E-state index contributed by atoms with van der Waals surface area (Å²) >= 11 is 0. The van der Waals surface area contributed by atoms with Gasteiger partial charge in [-0.3, -0.25) is 0 Å². The Bertz CT molecular complexity index is 308. The standard InChI is InChI=1S/C12H22N2O4/c1-4-7(2)10(11(15)16)14-12(17)13-9-5-6-18-8(9)3/h7-10H,4-6H2,1-3H3,(H,15,16)(H2,13,14,17)/t7-,8?,9?,10-/m0/s1. The monoisotopic (exact) mass is 258 g/mol. The van der Waals surface area contributed by atoms with Gasteiger partial charge in [0.25, 0.3) is 0 Å². The van der Waals surface area contributed by atoms with Crippen LogP contribution in [0.15, 0.2) is 0 Å². The van der Waals surface area contributed by atoms with E-state index in [1.807, 2.05) is 13.8 Å². The molecule has 0 spiro atoms. The van der Waals surface area contributed by atoms with E-state index < -0.39 is 18.0 Å². The molecule has 1 heterocycles. The molecule has 1 saturated heterocycles. The lowest BCUT2D eigenvalue weighted by Gasteiger charge is -2.22. The Morgan fingerprint density at radius 2 is 2.17 bits per heavy atom. The van der Waals surface area contributed by atoms with E-state index in [9.17, 15) is 9.59 Å². The number of aliphatic carboxylic acids is 1. The zero-order valence-corrected chi connectivity index (χ0v) is 11.1. The van der Waals surface area contributed by atoms with Gasteiger partial charge in [-0.15, -0.1) is 0 Å². The minimum absolute atomic E-state index is 0.0253. The van der Waals surface area contributed by atoms with Crippen molar-refractivity contribution < 1.29 is 19.4 Å².